The molecular formula is C18H31P. The molecule has 0 saturated heterocycles. The van der Waals surface area contributed by atoms with Gasteiger partial charge in [0, 0.05) is 0 Å². The summed E-state index contributed by atoms with van der Waals surface area (Å²) in [6.07, 6.45) is 9.17. The highest BCUT2D eigenvalue weighted by Crippen LogP contribution is 2.35. The summed E-state index contributed by atoms with van der Waals surface area (Å²) < 4.78 is 0. The van der Waals surface area contributed by atoms with E-state index in [1.807, 2.05) is 0 Å². The van der Waals surface area contributed by atoms with Gasteiger partial charge in [-0.1, -0.05) is 70.7 Å². The molecule has 1 heteroatoms. The second-order valence-corrected chi connectivity index (χ2v) is 6.46. The molecule has 3 atom stereocenters. The maximum atomic E-state index is 3.13. The Labute approximate surface area is 122 Å². The topological polar surface area (TPSA) is 0 Å². The van der Waals surface area contributed by atoms with Gasteiger partial charge in [-0.05, 0) is 42.0 Å². The standard InChI is InChI=1S/C18H31P/c1-4-7-8-14-18(19)17(11-5-2)16-13-10-9-12-15(16)6-3/h9-10,12-13,17-18H,4-8,11,14,19H2,1-3H3. The molecular weight excluding hydrogens is 247 g/mol. The van der Waals surface area contributed by atoms with Crippen molar-refractivity contribution >= 4 is 9.24 Å². The first-order valence-corrected chi connectivity index (χ1v) is 8.74. The van der Waals surface area contributed by atoms with Crippen molar-refractivity contribution in [3.63, 3.8) is 0 Å². The highest BCUT2D eigenvalue weighted by Gasteiger charge is 2.20. The van der Waals surface area contributed by atoms with Crippen molar-refractivity contribution < 1.29 is 0 Å². The molecule has 19 heavy (non-hydrogen) atoms. The molecule has 108 valence electrons. The summed E-state index contributed by atoms with van der Waals surface area (Å²) in [4.78, 5) is 0. The first-order valence-electron chi connectivity index (χ1n) is 8.07. The summed E-state index contributed by atoms with van der Waals surface area (Å²) in [6.45, 7) is 6.87. The quantitative estimate of drug-likeness (QED) is 0.386. The smallest absolute Gasteiger partial charge is 0.00964 e. The van der Waals surface area contributed by atoms with Crippen LogP contribution in [-0.2, 0) is 6.42 Å². The molecule has 1 aromatic carbocycles. The fourth-order valence-electron chi connectivity index (χ4n) is 2.96. The van der Waals surface area contributed by atoms with Crippen molar-refractivity contribution in [1.82, 2.24) is 0 Å². The Hall–Kier alpha value is -0.350. The van der Waals surface area contributed by atoms with Crippen LogP contribution >= 0.6 is 9.24 Å². The predicted molar refractivity (Wildman–Crippen MR) is 91.1 cm³/mol. The monoisotopic (exact) mass is 278 g/mol. The molecule has 0 nitrogen and oxygen atoms in total. The van der Waals surface area contributed by atoms with Crippen LogP contribution in [0.25, 0.3) is 0 Å². The van der Waals surface area contributed by atoms with Gasteiger partial charge in [-0.2, -0.15) is 0 Å². The Morgan fingerprint density at radius 3 is 2.32 bits per heavy atom. The number of aryl methyl sites for hydroxylation is 1. The zero-order valence-corrected chi connectivity index (χ0v) is 14.1. The Morgan fingerprint density at radius 1 is 0.947 bits per heavy atom. The van der Waals surface area contributed by atoms with Crippen LogP contribution in [0.3, 0.4) is 0 Å². The minimum Gasteiger partial charge on any atom is -0.134 e. The van der Waals surface area contributed by atoms with Crippen molar-refractivity contribution in [2.24, 2.45) is 0 Å². The lowest BCUT2D eigenvalue weighted by molar-refractivity contribution is 0.531. The van der Waals surface area contributed by atoms with Gasteiger partial charge >= 0.3 is 0 Å². The number of hydrogen-bond donors (Lipinski definition) is 0. The largest absolute Gasteiger partial charge is 0.134 e. The number of hydrogen-bond acceptors (Lipinski definition) is 0. The van der Waals surface area contributed by atoms with E-state index in [9.17, 15) is 0 Å². The molecule has 0 bridgehead atoms. The lowest BCUT2D eigenvalue weighted by Gasteiger charge is -2.26. The van der Waals surface area contributed by atoms with E-state index < -0.39 is 0 Å². The Morgan fingerprint density at radius 2 is 1.68 bits per heavy atom. The molecule has 0 N–H and O–H groups in total. The fourth-order valence-corrected chi connectivity index (χ4v) is 3.60. The van der Waals surface area contributed by atoms with Crippen LogP contribution in [0.4, 0.5) is 0 Å². The van der Waals surface area contributed by atoms with Crippen LogP contribution in [-0.4, -0.2) is 5.66 Å². The third-order valence-corrected chi connectivity index (χ3v) is 4.89. The summed E-state index contributed by atoms with van der Waals surface area (Å²) in [6, 6.07) is 9.05. The molecule has 0 saturated carbocycles. The fraction of sp³-hybridized carbons (Fsp3) is 0.667. The van der Waals surface area contributed by atoms with Crippen molar-refractivity contribution in [2.45, 2.75) is 77.3 Å². The second-order valence-electron chi connectivity index (χ2n) is 5.61. The first kappa shape index (κ1) is 16.7. The third kappa shape index (κ3) is 5.27. The lowest BCUT2D eigenvalue weighted by Crippen LogP contribution is -2.14. The van der Waals surface area contributed by atoms with Gasteiger partial charge < -0.3 is 0 Å². The summed E-state index contributed by atoms with van der Waals surface area (Å²) in [5, 5.41) is 0. The maximum Gasteiger partial charge on any atom is -0.00964 e. The minimum absolute atomic E-state index is 0.725. The van der Waals surface area contributed by atoms with E-state index in [0.717, 1.165) is 18.0 Å². The highest BCUT2D eigenvalue weighted by molar-refractivity contribution is 7.17. The molecule has 3 unspecified atom stereocenters. The zero-order valence-electron chi connectivity index (χ0n) is 13.0. The summed E-state index contributed by atoms with van der Waals surface area (Å²) in [5.74, 6) is 0.725. The average Bonchev–Trinajstić information content (AvgIpc) is 2.45. The van der Waals surface area contributed by atoms with Gasteiger partial charge in [-0.15, -0.1) is 9.24 Å². The summed E-state index contributed by atoms with van der Waals surface area (Å²) in [7, 11) is 3.13. The van der Waals surface area contributed by atoms with Gasteiger partial charge in [0.05, 0.1) is 0 Å². The van der Waals surface area contributed by atoms with E-state index >= 15 is 0 Å². The molecule has 0 aliphatic rings. The van der Waals surface area contributed by atoms with Crippen molar-refractivity contribution in [2.75, 3.05) is 0 Å². The number of rotatable bonds is 9. The second kappa shape index (κ2) is 9.54. The van der Waals surface area contributed by atoms with Crippen molar-refractivity contribution in [1.29, 1.82) is 0 Å². The first-order chi connectivity index (χ1) is 9.24. The van der Waals surface area contributed by atoms with Crippen LogP contribution in [0.15, 0.2) is 24.3 Å². The Kier molecular flexibility index (Phi) is 8.38. The molecule has 1 aromatic rings. The van der Waals surface area contributed by atoms with E-state index in [4.69, 9.17) is 0 Å². The van der Waals surface area contributed by atoms with E-state index in [2.05, 4.69) is 54.3 Å². The van der Waals surface area contributed by atoms with Crippen LogP contribution in [0.1, 0.15) is 76.3 Å². The molecule has 0 radical (unpaired) electrons. The molecule has 0 spiro atoms. The van der Waals surface area contributed by atoms with Crippen LogP contribution in [0.2, 0.25) is 0 Å². The molecule has 0 amide bonds. The third-order valence-electron chi connectivity index (χ3n) is 4.09. The van der Waals surface area contributed by atoms with Gasteiger partial charge in [-0.25, -0.2) is 0 Å². The van der Waals surface area contributed by atoms with Gasteiger partial charge in [0.2, 0.25) is 0 Å². The number of benzene rings is 1. The lowest BCUT2D eigenvalue weighted by atomic mass is 9.85. The van der Waals surface area contributed by atoms with Gasteiger partial charge in [0.25, 0.3) is 0 Å². The molecule has 0 heterocycles. The van der Waals surface area contributed by atoms with Crippen molar-refractivity contribution in [3.8, 4) is 0 Å². The normalized spacial score (nSPS) is 14.3. The van der Waals surface area contributed by atoms with Gasteiger partial charge in [-0.3, -0.25) is 0 Å². The Bertz CT molecular complexity index is 345. The average molecular weight is 278 g/mol. The van der Waals surface area contributed by atoms with Gasteiger partial charge in [0.15, 0.2) is 0 Å². The predicted octanol–water partition coefficient (Wildman–Crippen LogP) is 5.96. The molecule has 0 aromatic heterocycles. The highest BCUT2D eigenvalue weighted by atomic mass is 31.0. The maximum absolute atomic E-state index is 3.13. The minimum atomic E-state index is 0.725. The van der Waals surface area contributed by atoms with E-state index in [1.54, 1.807) is 11.1 Å². The molecule has 1 rings (SSSR count). The molecule has 0 aliphatic carbocycles. The SMILES string of the molecule is CCCCCC(P)C(CCC)c1ccccc1CC. The molecule has 0 fully saturated rings. The summed E-state index contributed by atoms with van der Waals surface area (Å²) in [5.41, 5.74) is 3.88. The van der Waals surface area contributed by atoms with E-state index in [-0.39, 0.29) is 0 Å². The van der Waals surface area contributed by atoms with Crippen LogP contribution in [0.5, 0.6) is 0 Å². The van der Waals surface area contributed by atoms with Crippen LogP contribution < -0.4 is 0 Å². The van der Waals surface area contributed by atoms with E-state index in [1.165, 1.54) is 38.5 Å². The van der Waals surface area contributed by atoms with Crippen LogP contribution in [0, 0.1) is 0 Å². The zero-order chi connectivity index (χ0) is 14.1. The summed E-state index contributed by atoms with van der Waals surface area (Å²) >= 11 is 0. The Balaban J connectivity index is 2.80. The van der Waals surface area contributed by atoms with Crippen molar-refractivity contribution in [3.05, 3.63) is 35.4 Å². The van der Waals surface area contributed by atoms with Gasteiger partial charge in [0.1, 0.15) is 0 Å². The number of unbranched alkanes of at least 4 members (excludes halogenated alkanes) is 2. The molecule has 0 aliphatic heterocycles. The van der Waals surface area contributed by atoms with E-state index in [0.29, 0.717) is 0 Å².